The lowest BCUT2D eigenvalue weighted by Crippen LogP contribution is -2.36. The van der Waals surface area contributed by atoms with E-state index in [1.165, 1.54) is 12.1 Å². The normalized spacial score (nSPS) is 26.2. The third-order valence-electron chi connectivity index (χ3n) is 5.43. The lowest BCUT2D eigenvalue weighted by atomic mass is 9.81. The summed E-state index contributed by atoms with van der Waals surface area (Å²) in [4.78, 5) is 13.9. The van der Waals surface area contributed by atoms with Crippen LogP contribution in [0.25, 0.3) is 0 Å². The highest BCUT2D eigenvalue weighted by molar-refractivity contribution is 7.91. The lowest BCUT2D eigenvalue weighted by Gasteiger charge is -2.23. The Morgan fingerprint density at radius 3 is 2.60 bits per heavy atom. The second-order valence-electron chi connectivity index (χ2n) is 6.91. The predicted molar refractivity (Wildman–Crippen MR) is 94.2 cm³/mol. The first-order valence-corrected chi connectivity index (χ1v) is 9.93. The van der Waals surface area contributed by atoms with Gasteiger partial charge < -0.3 is 10.0 Å². The number of carboxylic acids is 1. The quantitative estimate of drug-likeness (QED) is 0.754. The van der Waals surface area contributed by atoms with E-state index < -0.39 is 27.0 Å². The van der Waals surface area contributed by atoms with E-state index in [9.17, 15) is 22.7 Å². The van der Waals surface area contributed by atoms with Gasteiger partial charge >= 0.3 is 5.97 Å². The number of rotatable bonds is 6. The summed E-state index contributed by atoms with van der Waals surface area (Å²) in [6, 6.07) is 4.85. The highest BCUT2D eigenvalue weighted by Crippen LogP contribution is 2.48. The highest BCUT2D eigenvalue weighted by Gasteiger charge is 2.54. The average Bonchev–Trinajstić information content (AvgIpc) is 3.05. The summed E-state index contributed by atoms with van der Waals surface area (Å²) in [7, 11) is -3.43. The summed E-state index contributed by atoms with van der Waals surface area (Å²) in [5.41, 5.74) is -0.629. The zero-order chi connectivity index (χ0) is 17.4. The molecular formula is C17H23ClFNO4S. The molecule has 1 saturated carbocycles. The molecule has 3 rings (SSSR count). The maximum Gasteiger partial charge on any atom is 0.311 e. The summed E-state index contributed by atoms with van der Waals surface area (Å²) in [6.07, 6.45) is 3.07. The molecule has 2 aliphatic rings. The molecule has 5 nitrogen and oxygen atoms in total. The van der Waals surface area contributed by atoms with E-state index in [4.69, 9.17) is 0 Å². The molecule has 140 valence electrons. The van der Waals surface area contributed by atoms with Gasteiger partial charge in [-0.1, -0.05) is 6.42 Å². The number of benzene rings is 1. The van der Waals surface area contributed by atoms with Gasteiger partial charge in [-0.25, -0.2) is 12.8 Å². The third kappa shape index (κ3) is 3.99. The molecular weight excluding hydrogens is 369 g/mol. The molecule has 0 amide bonds. The minimum absolute atomic E-state index is 0. The van der Waals surface area contributed by atoms with Crippen LogP contribution >= 0.6 is 12.4 Å². The van der Waals surface area contributed by atoms with Crippen molar-refractivity contribution in [3.63, 3.8) is 0 Å². The number of nitrogens with zero attached hydrogens (tertiary/aromatic N) is 1. The molecule has 25 heavy (non-hydrogen) atoms. The van der Waals surface area contributed by atoms with E-state index in [-0.39, 0.29) is 29.0 Å². The van der Waals surface area contributed by atoms with Gasteiger partial charge in [-0.2, -0.15) is 0 Å². The van der Waals surface area contributed by atoms with Crippen molar-refractivity contribution in [2.24, 2.45) is 11.3 Å². The average molecular weight is 392 g/mol. The van der Waals surface area contributed by atoms with Crippen LogP contribution in [-0.4, -0.2) is 49.8 Å². The van der Waals surface area contributed by atoms with Crippen molar-refractivity contribution < 1.29 is 22.7 Å². The largest absolute Gasteiger partial charge is 0.481 e. The smallest absolute Gasteiger partial charge is 0.311 e. The molecule has 1 aromatic rings. The molecule has 1 N–H and O–H groups in total. The van der Waals surface area contributed by atoms with Crippen molar-refractivity contribution in [2.45, 2.75) is 30.6 Å². The van der Waals surface area contributed by atoms with E-state index in [1.807, 2.05) is 0 Å². The summed E-state index contributed by atoms with van der Waals surface area (Å²) in [5.74, 6) is -1.01. The number of halogens is 2. The second-order valence-corrected chi connectivity index (χ2v) is 9.02. The van der Waals surface area contributed by atoms with Crippen molar-refractivity contribution in [1.29, 1.82) is 0 Å². The van der Waals surface area contributed by atoms with E-state index in [1.54, 1.807) is 0 Å². The number of likely N-dealkylation sites (tertiary alicyclic amines) is 1. The van der Waals surface area contributed by atoms with Crippen molar-refractivity contribution in [2.75, 3.05) is 25.4 Å². The Kier molecular flexibility index (Phi) is 6.12. The molecule has 2 fully saturated rings. The van der Waals surface area contributed by atoms with Crippen LogP contribution in [0.1, 0.15) is 25.7 Å². The monoisotopic (exact) mass is 391 g/mol. The van der Waals surface area contributed by atoms with Gasteiger partial charge in [-0.3, -0.25) is 4.79 Å². The van der Waals surface area contributed by atoms with Gasteiger partial charge in [-0.15, -0.1) is 12.4 Å². The lowest BCUT2D eigenvalue weighted by molar-refractivity contribution is -0.149. The molecule has 1 heterocycles. The molecule has 2 atom stereocenters. The fourth-order valence-corrected chi connectivity index (χ4v) is 5.45. The Labute approximate surface area is 153 Å². The zero-order valence-electron chi connectivity index (χ0n) is 13.9. The van der Waals surface area contributed by atoms with Crippen LogP contribution in [0.2, 0.25) is 0 Å². The number of aliphatic carboxylic acids is 1. The number of hydrogen-bond donors (Lipinski definition) is 1. The standard InChI is InChI=1S/C17H22FNO4S.ClH/c18-14-4-6-15(7-5-14)24(22,23)10-2-9-19-11-13-3-1-8-17(13,12-19)16(20)21;/h4-7,13H,1-3,8-12H2,(H,20,21);1H/t13-,17+;/m0./s1. The second kappa shape index (κ2) is 7.60. The number of fused-ring (bicyclic) bond motifs is 1. The predicted octanol–water partition coefficient (Wildman–Crippen LogP) is 2.60. The highest BCUT2D eigenvalue weighted by atomic mass is 35.5. The number of carbonyl (C=O) groups is 1. The Morgan fingerprint density at radius 2 is 2.00 bits per heavy atom. The van der Waals surface area contributed by atoms with Gasteiger partial charge in [-0.05, 0) is 56.0 Å². The van der Waals surface area contributed by atoms with Crippen molar-refractivity contribution in [3.05, 3.63) is 30.1 Å². The van der Waals surface area contributed by atoms with Crippen LogP contribution in [0.15, 0.2) is 29.2 Å². The summed E-state index contributed by atoms with van der Waals surface area (Å²) < 4.78 is 37.4. The minimum atomic E-state index is -3.43. The van der Waals surface area contributed by atoms with E-state index in [2.05, 4.69) is 4.90 Å². The number of hydrogen-bond acceptors (Lipinski definition) is 4. The molecule has 1 aliphatic heterocycles. The molecule has 8 heteroatoms. The molecule has 0 spiro atoms. The first kappa shape index (κ1) is 20.1. The van der Waals surface area contributed by atoms with Gasteiger partial charge in [0.2, 0.25) is 0 Å². The van der Waals surface area contributed by atoms with Gasteiger partial charge in [0.1, 0.15) is 5.82 Å². The Balaban J connectivity index is 0.00000225. The fraction of sp³-hybridized carbons (Fsp3) is 0.588. The zero-order valence-corrected chi connectivity index (χ0v) is 15.5. The Morgan fingerprint density at radius 1 is 1.32 bits per heavy atom. The summed E-state index contributed by atoms with van der Waals surface area (Å²) in [5, 5.41) is 9.56. The summed E-state index contributed by atoms with van der Waals surface area (Å²) >= 11 is 0. The van der Waals surface area contributed by atoms with Crippen LogP contribution in [0, 0.1) is 17.2 Å². The van der Waals surface area contributed by atoms with Gasteiger partial charge in [0, 0.05) is 13.1 Å². The van der Waals surface area contributed by atoms with Crippen LogP contribution < -0.4 is 0 Å². The van der Waals surface area contributed by atoms with Crippen molar-refractivity contribution >= 4 is 28.2 Å². The molecule has 0 bridgehead atoms. The van der Waals surface area contributed by atoms with Crippen molar-refractivity contribution in [3.8, 4) is 0 Å². The molecule has 1 aliphatic carbocycles. The van der Waals surface area contributed by atoms with Gasteiger partial charge in [0.15, 0.2) is 9.84 Å². The molecule has 1 aromatic carbocycles. The minimum Gasteiger partial charge on any atom is -0.481 e. The van der Waals surface area contributed by atoms with Gasteiger partial charge in [0.05, 0.1) is 16.1 Å². The summed E-state index contributed by atoms with van der Waals surface area (Å²) in [6.45, 7) is 1.83. The van der Waals surface area contributed by atoms with Crippen LogP contribution in [0.3, 0.4) is 0 Å². The molecule has 0 aromatic heterocycles. The first-order valence-electron chi connectivity index (χ1n) is 8.28. The van der Waals surface area contributed by atoms with Crippen LogP contribution in [-0.2, 0) is 14.6 Å². The van der Waals surface area contributed by atoms with Crippen LogP contribution in [0.5, 0.6) is 0 Å². The first-order chi connectivity index (χ1) is 11.3. The molecule has 0 unspecified atom stereocenters. The van der Waals surface area contributed by atoms with E-state index in [0.29, 0.717) is 19.5 Å². The van der Waals surface area contributed by atoms with E-state index >= 15 is 0 Å². The molecule has 0 radical (unpaired) electrons. The molecule has 1 saturated heterocycles. The SMILES string of the molecule is Cl.O=C(O)[C@@]12CCC[C@H]1CN(CCCS(=O)(=O)c1ccc(F)cc1)C2. The number of carboxylic acid groups (broad SMARTS) is 1. The third-order valence-corrected chi connectivity index (χ3v) is 7.24. The van der Waals surface area contributed by atoms with Crippen molar-refractivity contribution in [1.82, 2.24) is 4.90 Å². The maximum absolute atomic E-state index is 12.9. The Bertz CT molecular complexity index is 725. The van der Waals surface area contributed by atoms with Crippen LogP contribution in [0.4, 0.5) is 4.39 Å². The van der Waals surface area contributed by atoms with E-state index in [0.717, 1.165) is 37.9 Å². The fourth-order valence-electron chi connectivity index (χ4n) is 4.15. The van der Waals surface area contributed by atoms with Gasteiger partial charge in [0.25, 0.3) is 0 Å². The topological polar surface area (TPSA) is 74.7 Å². The Hall–Kier alpha value is -1.18. The maximum atomic E-state index is 12.9. The number of sulfone groups is 1.